The predicted molar refractivity (Wildman–Crippen MR) is 118 cm³/mol. The molecule has 3 heterocycles. The zero-order chi connectivity index (χ0) is 22.0. The minimum atomic E-state index is -1.34. The van der Waals surface area contributed by atoms with Crippen molar-refractivity contribution in [2.45, 2.75) is 38.5 Å². The van der Waals surface area contributed by atoms with Crippen LogP contribution in [0.2, 0.25) is 5.02 Å². The lowest BCUT2D eigenvalue weighted by atomic mass is 10.0. The van der Waals surface area contributed by atoms with Crippen LogP contribution in [0.1, 0.15) is 53.5 Å². The molecule has 0 amide bonds. The van der Waals surface area contributed by atoms with Crippen LogP contribution in [0, 0.1) is 18.3 Å². The van der Waals surface area contributed by atoms with Crippen molar-refractivity contribution in [1.82, 2.24) is 19.9 Å². The Balaban J connectivity index is 1.72. The molecule has 158 valence electrons. The van der Waals surface area contributed by atoms with Gasteiger partial charge in [0.05, 0.1) is 28.2 Å². The Morgan fingerprint density at radius 1 is 1.23 bits per heavy atom. The molecular weight excluding hydrogens is 416 g/mol. The van der Waals surface area contributed by atoms with E-state index in [2.05, 4.69) is 19.9 Å². The van der Waals surface area contributed by atoms with Gasteiger partial charge in [-0.2, -0.15) is 5.26 Å². The number of carbonyl (C=O) groups is 1. The quantitative estimate of drug-likeness (QED) is 0.621. The Labute approximate surface area is 183 Å². The van der Waals surface area contributed by atoms with Gasteiger partial charge < -0.3 is 9.88 Å². The zero-order valence-corrected chi connectivity index (χ0v) is 17.8. The first-order chi connectivity index (χ1) is 15.0. The first kappa shape index (κ1) is 20.9. The van der Waals surface area contributed by atoms with E-state index >= 15 is 0 Å². The molecule has 2 aromatic heterocycles. The van der Waals surface area contributed by atoms with Gasteiger partial charge in [0.1, 0.15) is 11.5 Å². The van der Waals surface area contributed by atoms with E-state index in [9.17, 15) is 14.9 Å². The second-order valence-corrected chi connectivity index (χ2v) is 8.07. The number of ketones is 1. The summed E-state index contributed by atoms with van der Waals surface area (Å²) in [5.74, 6) is -1.58. The van der Waals surface area contributed by atoms with Crippen molar-refractivity contribution in [3.05, 3.63) is 56.9 Å². The number of H-pyrrole nitrogens is 1. The number of aryl methyl sites for hydroxylation is 1. The van der Waals surface area contributed by atoms with E-state index in [4.69, 9.17) is 11.6 Å². The SMILES string of the molecule is Cc1ccc2nc([C@@H](C#N)C(=O)c3nc(N4CCCCCC4)ncc3Cl)[nH]c(=O)c2c1. The lowest BCUT2D eigenvalue weighted by Gasteiger charge is -2.20. The van der Waals surface area contributed by atoms with Crippen LogP contribution in [0.15, 0.2) is 29.2 Å². The van der Waals surface area contributed by atoms with Gasteiger partial charge in [-0.15, -0.1) is 0 Å². The first-order valence-electron chi connectivity index (χ1n) is 10.2. The third kappa shape index (κ3) is 4.28. The molecule has 3 aromatic rings. The number of hydrogen-bond donors (Lipinski definition) is 1. The van der Waals surface area contributed by atoms with Crippen LogP contribution >= 0.6 is 11.6 Å². The van der Waals surface area contributed by atoms with Gasteiger partial charge in [-0.05, 0) is 31.9 Å². The predicted octanol–water partition coefficient (Wildman–Crippen LogP) is 3.55. The van der Waals surface area contributed by atoms with Crippen LogP contribution in [0.4, 0.5) is 5.95 Å². The number of halogens is 1. The van der Waals surface area contributed by atoms with E-state index in [1.54, 1.807) is 12.1 Å². The van der Waals surface area contributed by atoms with E-state index in [0.717, 1.165) is 44.3 Å². The van der Waals surface area contributed by atoms with E-state index in [0.29, 0.717) is 16.9 Å². The van der Waals surface area contributed by atoms with Crippen LogP contribution in [0.5, 0.6) is 0 Å². The average molecular weight is 437 g/mol. The van der Waals surface area contributed by atoms with Crippen LogP contribution in [-0.2, 0) is 0 Å². The second kappa shape index (κ2) is 8.82. The van der Waals surface area contributed by atoms with Gasteiger partial charge in [0.25, 0.3) is 5.56 Å². The third-order valence-electron chi connectivity index (χ3n) is 5.40. The van der Waals surface area contributed by atoms with Crippen molar-refractivity contribution in [1.29, 1.82) is 5.26 Å². The number of anilines is 1. The number of carbonyl (C=O) groups excluding carboxylic acids is 1. The summed E-state index contributed by atoms with van der Waals surface area (Å²) in [6.07, 6.45) is 5.73. The molecule has 31 heavy (non-hydrogen) atoms. The van der Waals surface area contributed by atoms with Crippen molar-refractivity contribution >= 4 is 34.2 Å². The number of fused-ring (bicyclic) bond motifs is 1. The van der Waals surface area contributed by atoms with Crippen molar-refractivity contribution in [3.63, 3.8) is 0 Å². The molecule has 1 aromatic carbocycles. The summed E-state index contributed by atoms with van der Waals surface area (Å²) in [7, 11) is 0. The summed E-state index contributed by atoms with van der Waals surface area (Å²) in [6.45, 7) is 3.47. The Morgan fingerprint density at radius 3 is 2.68 bits per heavy atom. The molecule has 1 aliphatic rings. The smallest absolute Gasteiger partial charge is 0.258 e. The number of aromatic nitrogens is 4. The molecule has 1 atom stereocenters. The van der Waals surface area contributed by atoms with Crippen LogP contribution in [-0.4, -0.2) is 38.8 Å². The Morgan fingerprint density at radius 2 is 1.97 bits per heavy atom. The molecule has 0 radical (unpaired) electrons. The molecule has 1 fully saturated rings. The van der Waals surface area contributed by atoms with Crippen molar-refractivity contribution in [2.75, 3.05) is 18.0 Å². The van der Waals surface area contributed by atoms with Gasteiger partial charge >= 0.3 is 0 Å². The molecule has 0 bridgehead atoms. The number of rotatable bonds is 4. The second-order valence-electron chi connectivity index (χ2n) is 7.67. The average Bonchev–Trinajstić information content (AvgIpc) is 3.05. The molecule has 1 aliphatic heterocycles. The summed E-state index contributed by atoms with van der Waals surface area (Å²) < 4.78 is 0. The summed E-state index contributed by atoms with van der Waals surface area (Å²) in [5.41, 5.74) is 0.871. The number of nitrogens with zero attached hydrogens (tertiary/aromatic N) is 5. The molecule has 0 aliphatic carbocycles. The van der Waals surface area contributed by atoms with Crippen LogP contribution in [0.25, 0.3) is 10.9 Å². The Bertz CT molecular complexity index is 1240. The van der Waals surface area contributed by atoms with E-state index in [-0.39, 0.29) is 16.5 Å². The maximum absolute atomic E-state index is 13.2. The normalized spacial score (nSPS) is 15.3. The molecule has 0 saturated carbocycles. The fourth-order valence-corrected chi connectivity index (χ4v) is 3.93. The highest BCUT2D eigenvalue weighted by atomic mass is 35.5. The van der Waals surface area contributed by atoms with Crippen molar-refractivity contribution < 1.29 is 4.79 Å². The van der Waals surface area contributed by atoms with E-state index < -0.39 is 17.3 Å². The van der Waals surface area contributed by atoms with Crippen LogP contribution < -0.4 is 10.5 Å². The van der Waals surface area contributed by atoms with E-state index in [1.807, 2.05) is 24.0 Å². The number of nitriles is 1. The maximum atomic E-state index is 13.2. The van der Waals surface area contributed by atoms with Crippen molar-refractivity contribution in [3.8, 4) is 6.07 Å². The molecule has 0 unspecified atom stereocenters. The third-order valence-corrected chi connectivity index (χ3v) is 5.67. The number of benzene rings is 1. The first-order valence-corrected chi connectivity index (χ1v) is 10.6. The fourth-order valence-electron chi connectivity index (χ4n) is 3.74. The topological polar surface area (TPSA) is 116 Å². The van der Waals surface area contributed by atoms with Gasteiger partial charge in [0.2, 0.25) is 11.7 Å². The number of hydrogen-bond acceptors (Lipinski definition) is 7. The molecule has 0 spiro atoms. The highest BCUT2D eigenvalue weighted by Gasteiger charge is 2.29. The van der Waals surface area contributed by atoms with Gasteiger partial charge in [-0.1, -0.05) is 36.1 Å². The number of Topliss-reactive ketones (excluding diaryl/α,β-unsaturated/α-hetero) is 1. The summed E-state index contributed by atoms with van der Waals surface area (Å²) in [4.78, 5) is 43.4. The largest absolute Gasteiger partial charge is 0.341 e. The molecule has 1 saturated heterocycles. The molecule has 9 heteroatoms. The number of nitrogens with one attached hydrogen (secondary N) is 1. The lowest BCUT2D eigenvalue weighted by molar-refractivity contribution is 0.0971. The molecular formula is C22H21ClN6O2. The molecule has 4 rings (SSSR count). The van der Waals surface area contributed by atoms with Gasteiger partial charge in [-0.3, -0.25) is 9.59 Å². The Kier molecular flexibility index (Phi) is 5.96. The Hall–Kier alpha value is -3.31. The monoisotopic (exact) mass is 436 g/mol. The van der Waals surface area contributed by atoms with Gasteiger partial charge in [-0.25, -0.2) is 15.0 Å². The highest BCUT2D eigenvalue weighted by Crippen LogP contribution is 2.25. The molecule has 8 nitrogen and oxygen atoms in total. The zero-order valence-electron chi connectivity index (χ0n) is 17.1. The maximum Gasteiger partial charge on any atom is 0.258 e. The van der Waals surface area contributed by atoms with Crippen molar-refractivity contribution in [2.24, 2.45) is 0 Å². The van der Waals surface area contributed by atoms with Gasteiger partial charge in [0, 0.05) is 13.1 Å². The minimum Gasteiger partial charge on any atom is -0.341 e. The summed E-state index contributed by atoms with van der Waals surface area (Å²) in [5, 5.41) is 10.2. The highest BCUT2D eigenvalue weighted by molar-refractivity contribution is 6.33. The van der Waals surface area contributed by atoms with Crippen LogP contribution in [0.3, 0.4) is 0 Å². The number of aromatic amines is 1. The molecule has 1 N–H and O–H groups in total. The lowest BCUT2D eigenvalue weighted by Crippen LogP contribution is -2.27. The van der Waals surface area contributed by atoms with Gasteiger partial charge in [0.15, 0.2) is 5.92 Å². The summed E-state index contributed by atoms with van der Waals surface area (Å²) >= 11 is 6.23. The minimum absolute atomic E-state index is 0.0279. The standard InChI is InChI=1S/C22H21ClN6O2/c1-13-6-7-17-14(10-13)21(31)28-20(26-17)15(11-24)19(30)18-16(23)12-25-22(27-18)29-8-4-2-3-5-9-29/h6-7,10,12,15H,2-5,8-9H2,1H3,(H,26,28,31)/t15-/m0/s1. The fraction of sp³-hybridized carbons (Fsp3) is 0.364. The van der Waals surface area contributed by atoms with E-state index in [1.165, 1.54) is 6.20 Å². The summed E-state index contributed by atoms with van der Waals surface area (Å²) in [6, 6.07) is 7.16.